The Hall–Kier alpha value is -2.69. The molecule has 144 valence electrons. The third kappa shape index (κ3) is 4.41. The van der Waals surface area contributed by atoms with Crippen molar-refractivity contribution in [2.45, 2.75) is 12.5 Å². The van der Waals surface area contributed by atoms with E-state index in [1.807, 2.05) is 12.1 Å². The maximum Gasteiger partial charge on any atom is 0.251 e. The summed E-state index contributed by atoms with van der Waals surface area (Å²) in [5.74, 6) is -1.80. The molecule has 0 spiro atoms. The van der Waals surface area contributed by atoms with Crippen molar-refractivity contribution in [2.24, 2.45) is 5.73 Å². The number of primary amides is 1. The summed E-state index contributed by atoms with van der Waals surface area (Å²) in [6.45, 7) is 0. The second kappa shape index (κ2) is 8.55. The summed E-state index contributed by atoms with van der Waals surface area (Å²) < 4.78 is 27.6. The van der Waals surface area contributed by atoms with Crippen molar-refractivity contribution in [1.29, 1.82) is 0 Å². The van der Waals surface area contributed by atoms with Crippen LogP contribution in [0.5, 0.6) is 0 Å². The number of hydrogen-bond acceptors (Lipinski definition) is 3. The van der Waals surface area contributed by atoms with E-state index in [0.717, 1.165) is 16.4 Å². The fraction of sp³-hybridized carbons (Fsp3) is 0.143. The van der Waals surface area contributed by atoms with Crippen molar-refractivity contribution in [1.82, 2.24) is 10.3 Å². The largest absolute Gasteiger partial charge is 0.366 e. The number of benzene rings is 2. The summed E-state index contributed by atoms with van der Waals surface area (Å²) >= 11 is 0. The first kappa shape index (κ1) is 20.1. The molecule has 1 heterocycles. The first-order valence-electron chi connectivity index (χ1n) is 8.66. The second-order valence-corrected chi connectivity index (χ2v) is 7.10. The van der Waals surface area contributed by atoms with Crippen LogP contribution in [0.1, 0.15) is 27.7 Å². The van der Waals surface area contributed by atoms with Gasteiger partial charge in [-0.25, -0.2) is 8.78 Å². The number of pyridine rings is 1. The average Bonchev–Trinajstić information content (AvgIpc) is 2.65. The van der Waals surface area contributed by atoms with Crippen molar-refractivity contribution in [3.05, 3.63) is 83.2 Å². The zero-order valence-corrected chi connectivity index (χ0v) is 16.4. The summed E-state index contributed by atoms with van der Waals surface area (Å²) in [6.07, 6.45) is 2.16. The van der Waals surface area contributed by atoms with E-state index in [1.165, 1.54) is 24.3 Å². The molecule has 3 aromatic rings. The maximum atomic E-state index is 13.9. The highest BCUT2D eigenvalue weighted by atomic mass is 31.0. The second-order valence-electron chi connectivity index (χ2n) is 6.43. The van der Waals surface area contributed by atoms with Gasteiger partial charge in [-0.15, -0.1) is 9.24 Å². The van der Waals surface area contributed by atoms with Gasteiger partial charge in [0.25, 0.3) is 5.91 Å². The first-order chi connectivity index (χ1) is 13.4. The number of aromatic nitrogens is 1. The third-order valence-corrected chi connectivity index (χ3v) is 4.81. The fourth-order valence-corrected chi connectivity index (χ4v) is 3.56. The molecule has 0 radical (unpaired) electrons. The van der Waals surface area contributed by atoms with Gasteiger partial charge in [-0.3, -0.25) is 9.78 Å². The number of carbonyl (C=O) groups excluding carboxylic acids is 1. The minimum Gasteiger partial charge on any atom is -0.366 e. The van der Waals surface area contributed by atoms with Crippen LogP contribution < -0.4 is 16.4 Å². The monoisotopic (exact) mass is 399 g/mol. The zero-order chi connectivity index (χ0) is 20.3. The topological polar surface area (TPSA) is 68.0 Å². The minimum absolute atomic E-state index is 0.175. The molecule has 28 heavy (non-hydrogen) atoms. The van der Waals surface area contributed by atoms with Crippen LogP contribution in [-0.4, -0.2) is 17.9 Å². The van der Waals surface area contributed by atoms with Gasteiger partial charge in [-0.05, 0) is 60.2 Å². The van der Waals surface area contributed by atoms with Crippen LogP contribution in [0.25, 0.3) is 11.1 Å². The van der Waals surface area contributed by atoms with E-state index in [0.29, 0.717) is 17.7 Å². The Morgan fingerprint density at radius 2 is 2.00 bits per heavy atom. The number of nitrogens with one attached hydrogen (secondary N) is 1. The first-order valence-corrected chi connectivity index (χ1v) is 9.23. The lowest BCUT2D eigenvalue weighted by Gasteiger charge is -2.20. The van der Waals surface area contributed by atoms with E-state index in [2.05, 4.69) is 19.5 Å². The van der Waals surface area contributed by atoms with Gasteiger partial charge in [-0.1, -0.05) is 18.2 Å². The van der Waals surface area contributed by atoms with Crippen molar-refractivity contribution in [3.63, 3.8) is 0 Å². The van der Waals surface area contributed by atoms with Crippen molar-refractivity contribution in [2.75, 3.05) is 7.05 Å². The minimum atomic E-state index is -0.831. The Morgan fingerprint density at radius 3 is 2.68 bits per heavy atom. The molecule has 1 aromatic heterocycles. The highest BCUT2D eigenvalue weighted by Gasteiger charge is 2.19. The van der Waals surface area contributed by atoms with E-state index >= 15 is 0 Å². The number of halogens is 2. The molecule has 0 aliphatic rings. The van der Waals surface area contributed by atoms with Crippen LogP contribution in [0.2, 0.25) is 0 Å². The predicted molar refractivity (Wildman–Crippen MR) is 109 cm³/mol. The molecule has 0 saturated carbocycles. The molecule has 2 unspecified atom stereocenters. The number of hydrogen-bond donors (Lipinski definition) is 2. The molecule has 3 N–H and O–H groups in total. The molecule has 2 aromatic carbocycles. The van der Waals surface area contributed by atoms with E-state index in [4.69, 9.17) is 5.73 Å². The Bertz CT molecular complexity index is 1010. The standard InChI is InChI=1S/C21H20F2N3OP/c1-25-19(9-12-7-14(22)11-15(28)8-12)20-16(3-2-6-26-20)13-4-5-18(23)17(10-13)21(24)27/h2-8,10-11,19,25H,9,28H2,1H3,(H2,24,27). The normalized spacial score (nSPS) is 12.0. The fourth-order valence-electron chi connectivity index (χ4n) is 3.19. The van der Waals surface area contributed by atoms with Gasteiger partial charge in [0.05, 0.1) is 17.3 Å². The number of rotatable bonds is 6. The van der Waals surface area contributed by atoms with Gasteiger partial charge in [-0.2, -0.15) is 0 Å². The molecular formula is C21H20F2N3OP. The lowest BCUT2D eigenvalue weighted by atomic mass is 9.94. The quantitative estimate of drug-likeness (QED) is 0.626. The highest BCUT2D eigenvalue weighted by Crippen LogP contribution is 2.29. The molecular weight excluding hydrogens is 379 g/mol. The summed E-state index contributed by atoms with van der Waals surface area (Å²) in [4.78, 5) is 16.0. The van der Waals surface area contributed by atoms with Crippen LogP contribution in [0.4, 0.5) is 8.78 Å². The third-order valence-electron chi connectivity index (χ3n) is 4.48. The van der Waals surface area contributed by atoms with Gasteiger partial charge < -0.3 is 11.1 Å². The van der Waals surface area contributed by atoms with Crippen molar-refractivity contribution in [3.8, 4) is 11.1 Å². The van der Waals surface area contributed by atoms with Gasteiger partial charge >= 0.3 is 0 Å². The van der Waals surface area contributed by atoms with Crippen LogP contribution in [0.3, 0.4) is 0 Å². The van der Waals surface area contributed by atoms with Crippen LogP contribution >= 0.6 is 9.24 Å². The maximum absolute atomic E-state index is 13.9. The molecule has 0 saturated heterocycles. The van der Waals surface area contributed by atoms with Gasteiger partial charge in [0, 0.05) is 11.8 Å². The SMILES string of the molecule is CNC(Cc1cc(F)cc(P)c1)c1ncccc1-c1ccc(F)c(C(N)=O)c1. The molecule has 3 rings (SSSR count). The van der Waals surface area contributed by atoms with E-state index in [-0.39, 0.29) is 17.4 Å². The molecule has 4 nitrogen and oxygen atoms in total. The van der Waals surface area contributed by atoms with Gasteiger partial charge in [0.15, 0.2) is 0 Å². The molecule has 0 aliphatic heterocycles. The van der Waals surface area contributed by atoms with E-state index in [9.17, 15) is 13.6 Å². The zero-order valence-electron chi connectivity index (χ0n) is 15.2. The molecule has 0 bridgehead atoms. The molecule has 7 heteroatoms. The molecule has 1 amide bonds. The Balaban J connectivity index is 2.03. The predicted octanol–water partition coefficient (Wildman–Crippen LogP) is 3.13. The Kier molecular flexibility index (Phi) is 6.12. The van der Waals surface area contributed by atoms with Crippen LogP contribution in [0.15, 0.2) is 54.7 Å². The lowest BCUT2D eigenvalue weighted by Crippen LogP contribution is -2.21. The molecule has 0 aliphatic carbocycles. The van der Waals surface area contributed by atoms with Gasteiger partial charge in [0.1, 0.15) is 11.6 Å². The van der Waals surface area contributed by atoms with Crippen molar-refractivity contribution < 1.29 is 13.6 Å². The summed E-state index contributed by atoms with van der Waals surface area (Å²) in [5.41, 5.74) is 8.00. The number of nitrogens with zero attached hydrogens (tertiary/aromatic N) is 1. The van der Waals surface area contributed by atoms with E-state index < -0.39 is 11.7 Å². The van der Waals surface area contributed by atoms with Crippen LogP contribution in [-0.2, 0) is 6.42 Å². The number of nitrogens with two attached hydrogens (primary N) is 1. The average molecular weight is 399 g/mol. The van der Waals surface area contributed by atoms with E-state index in [1.54, 1.807) is 25.4 Å². The van der Waals surface area contributed by atoms with Gasteiger partial charge in [0.2, 0.25) is 0 Å². The Labute approximate surface area is 164 Å². The lowest BCUT2D eigenvalue weighted by molar-refractivity contribution is 0.0996. The van der Waals surface area contributed by atoms with Crippen molar-refractivity contribution >= 4 is 20.5 Å². The number of carbonyl (C=O) groups is 1. The highest BCUT2D eigenvalue weighted by molar-refractivity contribution is 7.27. The molecule has 2 atom stereocenters. The smallest absolute Gasteiger partial charge is 0.251 e. The van der Waals surface area contributed by atoms with Crippen LogP contribution in [0, 0.1) is 11.6 Å². The number of amides is 1. The molecule has 0 fully saturated rings. The Morgan fingerprint density at radius 1 is 1.21 bits per heavy atom. The summed E-state index contributed by atoms with van der Waals surface area (Å²) in [7, 11) is 4.29. The summed E-state index contributed by atoms with van der Waals surface area (Å²) in [5, 5.41) is 3.97. The number of likely N-dealkylation sites (N-methyl/N-ethyl adjacent to an activating group) is 1. The summed E-state index contributed by atoms with van der Waals surface area (Å²) in [6, 6.07) is 12.4.